The lowest BCUT2D eigenvalue weighted by Crippen LogP contribution is -2.38. The summed E-state index contributed by atoms with van der Waals surface area (Å²) in [5, 5.41) is 8.85. The summed E-state index contributed by atoms with van der Waals surface area (Å²) in [6.07, 6.45) is 2.09. The van der Waals surface area contributed by atoms with E-state index in [1.165, 1.54) is 15.6 Å². The molecule has 30 heavy (non-hydrogen) atoms. The second-order valence-electron chi connectivity index (χ2n) is 7.67. The molecule has 0 radical (unpaired) electrons. The van der Waals surface area contributed by atoms with Gasteiger partial charge in [0, 0.05) is 27.3 Å². The maximum absolute atomic E-state index is 6.27. The zero-order chi connectivity index (χ0) is 20.5. The Hall–Kier alpha value is -2.34. The first-order valence-electron chi connectivity index (χ1n) is 10.2. The quantitative estimate of drug-likeness (QED) is 0.388. The van der Waals surface area contributed by atoms with E-state index in [9.17, 15) is 0 Å². The number of aryl methyl sites for hydroxylation is 2. The average Bonchev–Trinajstić information content (AvgIpc) is 3.15. The minimum atomic E-state index is -0.00909. The molecule has 0 saturated carbocycles. The number of rotatable bonds is 6. The Morgan fingerprint density at radius 2 is 2.10 bits per heavy atom. The summed E-state index contributed by atoms with van der Waals surface area (Å²) in [7, 11) is 0. The van der Waals surface area contributed by atoms with Crippen molar-refractivity contribution in [2.75, 3.05) is 19.7 Å². The molecule has 0 spiro atoms. The lowest BCUT2D eigenvalue weighted by molar-refractivity contribution is 0.0925. The number of hydrogen-bond acceptors (Lipinski definition) is 5. The van der Waals surface area contributed by atoms with Crippen molar-refractivity contribution < 1.29 is 9.47 Å². The van der Waals surface area contributed by atoms with Gasteiger partial charge in [-0.1, -0.05) is 11.6 Å². The second-order valence-corrected chi connectivity index (χ2v) is 9.02. The van der Waals surface area contributed by atoms with Crippen molar-refractivity contribution in [2.24, 2.45) is 0 Å². The molecule has 1 aliphatic rings. The molecule has 1 aliphatic heterocycles. The van der Waals surface area contributed by atoms with Crippen LogP contribution < -0.4 is 14.8 Å². The van der Waals surface area contributed by atoms with Crippen LogP contribution in [0.1, 0.15) is 17.7 Å². The summed E-state index contributed by atoms with van der Waals surface area (Å²) >= 11 is 7.94. The molecule has 0 bridgehead atoms. The fourth-order valence-corrected chi connectivity index (χ4v) is 5.04. The number of halogens is 1. The van der Waals surface area contributed by atoms with Crippen LogP contribution in [0.3, 0.4) is 0 Å². The van der Waals surface area contributed by atoms with E-state index >= 15 is 0 Å². The van der Waals surface area contributed by atoms with E-state index in [1.54, 1.807) is 11.3 Å². The molecular formula is C24H23ClN2O2S. The molecule has 1 atom stereocenters. The van der Waals surface area contributed by atoms with Gasteiger partial charge in [-0.15, -0.1) is 11.3 Å². The predicted molar refractivity (Wildman–Crippen MR) is 124 cm³/mol. The second kappa shape index (κ2) is 8.42. The number of thiophene rings is 1. The molecule has 0 fully saturated rings. The summed E-state index contributed by atoms with van der Waals surface area (Å²) in [4.78, 5) is 4.59. The van der Waals surface area contributed by atoms with Gasteiger partial charge in [0.1, 0.15) is 12.7 Å². The standard InChI is InChI=1S/C24H23ClN2O2S/c1-15-4-6-19-21(27-15)7-8-22-24(19)29-18(13-28-22)12-26-10-2-3-16-14-30-23-9-5-17(25)11-20(16)23/h4-9,11,14,18,26H,2-3,10,12-13H2,1H3/t18-/m0/s1. The molecule has 1 N–H and O–H groups in total. The van der Waals surface area contributed by atoms with Gasteiger partial charge in [0.25, 0.3) is 0 Å². The average molecular weight is 439 g/mol. The summed E-state index contributed by atoms with van der Waals surface area (Å²) in [6.45, 7) is 4.24. The number of ether oxygens (including phenoxy) is 2. The SMILES string of the molecule is Cc1ccc2c3c(ccc2n1)OC[C@H](CNCCCc1csc2ccc(Cl)cc12)O3. The van der Waals surface area contributed by atoms with E-state index in [-0.39, 0.29) is 6.10 Å². The number of nitrogens with one attached hydrogen (secondary N) is 1. The van der Waals surface area contributed by atoms with Crippen LogP contribution in [0.25, 0.3) is 21.0 Å². The van der Waals surface area contributed by atoms with Crippen molar-refractivity contribution in [3.8, 4) is 11.5 Å². The van der Waals surface area contributed by atoms with Crippen LogP contribution >= 0.6 is 22.9 Å². The normalized spacial score (nSPS) is 15.7. The maximum Gasteiger partial charge on any atom is 0.171 e. The smallest absolute Gasteiger partial charge is 0.171 e. The van der Waals surface area contributed by atoms with Crippen LogP contribution in [0.5, 0.6) is 11.5 Å². The van der Waals surface area contributed by atoms with Crippen molar-refractivity contribution in [2.45, 2.75) is 25.9 Å². The molecule has 6 heteroatoms. The Morgan fingerprint density at radius 1 is 1.17 bits per heavy atom. The van der Waals surface area contributed by atoms with Crippen molar-refractivity contribution in [3.63, 3.8) is 0 Å². The minimum Gasteiger partial charge on any atom is -0.486 e. The summed E-state index contributed by atoms with van der Waals surface area (Å²) < 4.78 is 13.5. The first-order valence-corrected chi connectivity index (χ1v) is 11.5. The largest absolute Gasteiger partial charge is 0.486 e. The minimum absolute atomic E-state index is 0.00909. The topological polar surface area (TPSA) is 43.4 Å². The van der Waals surface area contributed by atoms with Crippen LogP contribution in [0.15, 0.2) is 47.8 Å². The van der Waals surface area contributed by atoms with Gasteiger partial charge in [0.05, 0.1) is 5.52 Å². The molecule has 5 rings (SSSR count). The van der Waals surface area contributed by atoms with E-state index in [2.05, 4.69) is 33.9 Å². The highest BCUT2D eigenvalue weighted by atomic mass is 35.5. The van der Waals surface area contributed by atoms with Crippen LogP contribution in [-0.2, 0) is 6.42 Å². The van der Waals surface area contributed by atoms with Crippen LogP contribution in [0, 0.1) is 6.92 Å². The van der Waals surface area contributed by atoms with E-state index in [4.69, 9.17) is 21.1 Å². The van der Waals surface area contributed by atoms with Gasteiger partial charge in [0.2, 0.25) is 0 Å². The highest BCUT2D eigenvalue weighted by molar-refractivity contribution is 7.17. The van der Waals surface area contributed by atoms with Gasteiger partial charge < -0.3 is 14.8 Å². The molecule has 0 aliphatic carbocycles. The Balaban J connectivity index is 1.16. The lowest BCUT2D eigenvalue weighted by Gasteiger charge is -2.27. The molecule has 0 saturated heterocycles. The van der Waals surface area contributed by atoms with Gasteiger partial charge in [-0.2, -0.15) is 0 Å². The van der Waals surface area contributed by atoms with Crippen molar-refractivity contribution in [1.82, 2.24) is 10.3 Å². The van der Waals surface area contributed by atoms with Crippen LogP contribution in [0.2, 0.25) is 5.02 Å². The van der Waals surface area contributed by atoms with E-state index in [1.807, 2.05) is 31.2 Å². The van der Waals surface area contributed by atoms with Gasteiger partial charge in [-0.05, 0) is 85.1 Å². The number of fused-ring (bicyclic) bond motifs is 4. The number of nitrogens with zero attached hydrogens (tertiary/aromatic N) is 1. The zero-order valence-corrected chi connectivity index (χ0v) is 18.4. The number of pyridine rings is 1. The van der Waals surface area contributed by atoms with E-state index in [0.717, 1.165) is 59.0 Å². The van der Waals surface area contributed by atoms with Gasteiger partial charge in [-0.3, -0.25) is 4.98 Å². The Morgan fingerprint density at radius 3 is 3.03 bits per heavy atom. The summed E-state index contributed by atoms with van der Waals surface area (Å²) in [5.41, 5.74) is 3.31. The van der Waals surface area contributed by atoms with Crippen molar-refractivity contribution in [3.05, 3.63) is 64.1 Å². The lowest BCUT2D eigenvalue weighted by atomic mass is 10.1. The zero-order valence-electron chi connectivity index (χ0n) is 16.8. The molecule has 3 heterocycles. The van der Waals surface area contributed by atoms with Crippen LogP contribution in [0.4, 0.5) is 0 Å². The third kappa shape index (κ3) is 3.97. The van der Waals surface area contributed by atoms with E-state index in [0.29, 0.717) is 6.61 Å². The van der Waals surface area contributed by atoms with E-state index < -0.39 is 0 Å². The third-order valence-corrected chi connectivity index (χ3v) is 6.67. The van der Waals surface area contributed by atoms with Gasteiger partial charge >= 0.3 is 0 Å². The molecule has 2 aromatic heterocycles. The first-order chi connectivity index (χ1) is 14.7. The molecule has 4 nitrogen and oxygen atoms in total. The summed E-state index contributed by atoms with van der Waals surface area (Å²) in [5.74, 6) is 1.60. The maximum atomic E-state index is 6.27. The highest BCUT2D eigenvalue weighted by Gasteiger charge is 2.23. The Kier molecular flexibility index (Phi) is 5.50. The third-order valence-electron chi connectivity index (χ3n) is 5.42. The number of aromatic nitrogens is 1. The fourth-order valence-electron chi connectivity index (χ4n) is 3.89. The van der Waals surface area contributed by atoms with Crippen molar-refractivity contribution in [1.29, 1.82) is 0 Å². The Bertz CT molecular complexity index is 1210. The Labute approximate surface area is 184 Å². The number of hydrogen-bond donors (Lipinski definition) is 1. The summed E-state index contributed by atoms with van der Waals surface area (Å²) in [6, 6.07) is 14.1. The first kappa shape index (κ1) is 19.6. The molecule has 0 amide bonds. The molecule has 2 aromatic carbocycles. The monoisotopic (exact) mass is 438 g/mol. The van der Waals surface area contributed by atoms with Gasteiger partial charge in [0.15, 0.2) is 11.5 Å². The van der Waals surface area contributed by atoms with Gasteiger partial charge in [-0.25, -0.2) is 0 Å². The number of benzene rings is 2. The van der Waals surface area contributed by atoms with Crippen LogP contribution in [-0.4, -0.2) is 30.8 Å². The molecule has 4 aromatic rings. The molecule has 0 unspecified atom stereocenters. The molecular weight excluding hydrogens is 416 g/mol. The molecule has 154 valence electrons. The predicted octanol–water partition coefficient (Wildman–Crippen LogP) is 5.77. The fraction of sp³-hybridized carbons (Fsp3) is 0.292. The highest BCUT2D eigenvalue weighted by Crippen LogP contribution is 2.38. The van der Waals surface area contributed by atoms with Crippen molar-refractivity contribution >= 4 is 43.9 Å².